The molecule has 5 nitrogen and oxygen atoms in total. The van der Waals surface area contributed by atoms with E-state index in [-0.39, 0.29) is 20.9 Å². The molecule has 0 aromatic heterocycles. The summed E-state index contributed by atoms with van der Waals surface area (Å²) in [5.74, 6) is 0. The number of nitrogens with zero attached hydrogens (tertiary/aromatic N) is 2. The Morgan fingerprint density at radius 2 is 2.21 bits per heavy atom. The van der Waals surface area contributed by atoms with Crippen LogP contribution in [0.1, 0.15) is 0 Å². The van der Waals surface area contributed by atoms with Crippen LogP contribution in [-0.4, -0.2) is 11.0 Å². The number of hydrogen-bond donors (Lipinski definition) is 0. The van der Waals surface area contributed by atoms with Crippen LogP contribution >= 0.6 is 27.5 Å². The van der Waals surface area contributed by atoms with Gasteiger partial charge in [0.15, 0.2) is 0 Å². The number of nitro groups is 1. The molecular formula is C7H2BrClN2O3. The summed E-state index contributed by atoms with van der Waals surface area (Å²) >= 11 is 8.63. The van der Waals surface area contributed by atoms with E-state index in [1.165, 1.54) is 12.1 Å². The molecule has 0 saturated heterocycles. The van der Waals surface area contributed by atoms with Crippen LogP contribution in [0.2, 0.25) is 5.02 Å². The molecule has 0 N–H and O–H groups in total. The van der Waals surface area contributed by atoms with E-state index in [1.807, 2.05) is 0 Å². The van der Waals surface area contributed by atoms with Crippen molar-refractivity contribution in [2.24, 2.45) is 4.99 Å². The molecule has 1 aromatic carbocycles. The minimum Gasteiger partial charge on any atom is -0.258 e. The minimum atomic E-state index is -0.607. The summed E-state index contributed by atoms with van der Waals surface area (Å²) in [4.78, 5) is 23.1. The Hall–Kier alpha value is -1.23. The number of hydrogen-bond acceptors (Lipinski definition) is 4. The van der Waals surface area contributed by atoms with Crippen LogP contribution in [0.25, 0.3) is 0 Å². The first-order valence-corrected chi connectivity index (χ1v) is 4.44. The monoisotopic (exact) mass is 276 g/mol. The molecule has 0 heterocycles. The Balaban J connectivity index is 3.41. The van der Waals surface area contributed by atoms with Crippen molar-refractivity contribution in [1.82, 2.24) is 0 Å². The SMILES string of the molecule is O=C=Nc1cc([N+](=O)[O-])c(Br)cc1Cl. The molecule has 0 radical (unpaired) electrons. The van der Waals surface area contributed by atoms with Crippen LogP contribution in [0.5, 0.6) is 0 Å². The van der Waals surface area contributed by atoms with Crippen molar-refractivity contribution in [3.05, 3.63) is 31.7 Å². The first-order chi connectivity index (χ1) is 6.56. The Labute approximate surface area is 91.7 Å². The molecule has 1 aromatic rings. The first kappa shape index (κ1) is 10.8. The zero-order valence-electron chi connectivity index (χ0n) is 6.53. The van der Waals surface area contributed by atoms with Gasteiger partial charge in [-0.1, -0.05) is 11.6 Å². The predicted octanol–water partition coefficient (Wildman–Crippen LogP) is 2.98. The number of isocyanates is 1. The highest BCUT2D eigenvalue weighted by molar-refractivity contribution is 9.10. The lowest BCUT2D eigenvalue weighted by molar-refractivity contribution is -0.385. The maximum atomic E-state index is 10.5. The van der Waals surface area contributed by atoms with Crippen molar-refractivity contribution in [3.8, 4) is 0 Å². The Kier molecular flexibility index (Phi) is 3.35. The van der Waals surface area contributed by atoms with Crippen LogP contribution in [0.4, 0.5) is 11.4 Å². The Morgan fingerprint density at radius 1 is 1.57 bits per heavy atom. The summed E-state index contributed by atoms with van der Waals surface area (Å²) in [7, 11) is 0. The topological polar surface area (TPSA) is 72.6 Å². The molecule has 0 aliphatic heterocycles. The fourth-order valence-corrected chi connectivity index (χ4v) is 1.63. The van der Waals surface area contributed by atoms with E-state index in [2.05, 4.69) is 20.9 Å². The third-order valence-corrected chi connectivity index (χ3v) is 2.32. The predicted molar refractivity (Wildman–Crippen MR) is 53.6 cm³/mol. The number of rotatable bonds is 2. The smallest absolute Gasteiger partial charge is 0.258 e. The summed E-state index contributed by atoms with van der Waals surface area (Å²) in [5, 5.41) is 10.6. The van der Waals surface area contributed by atoms with E-state index in [1.54, 1.807) is 0 Å². The number of aliphatic imine (C=N–C) groups is 1. The molecule has 0 fully saturated rings. The number of halogens is 2. The van der Waals surface area contributed by atoms with Gasteiger partial charge in [0.2, 0.25) is 6.08 Å². The lowest BCUT2D eigenvalue weighted by Gasteiger charge is -1.98. The number of carbonyl (C=O) groups excluding carboxylic acids is 1. The first-order valence-electron chi connectivity index (χ1n) is 3.27. The molecule has 0 aliphatic carbocycles. The minimum absolute atomic E-state index is 0.0246. The third kappa shape index (κ3) is 2.17. The normalized spacial score (nSPS) is 9.29. The zero-order valence-corrected chi connectivity index (χ0v) is 8.87. The van der Waals surface area contributed by atoms with Crippen LogP contribution in [-0.2, 0) is 4.79 Å². The highest BCUT2D eigenvalue weighted by atomic mass is 79.9. The van der Waals surface area contributed by atoms with Gasteiger partial charge >= 0.3 is 0 Å². The quantitative estimate of drug-likeness (QED) is 0.361. The summed E-state index contributed by atoms with van der Waals surface area (Å²) in [6.07, 6.45) is 1.26. The van der Waals surface area contributed by atoms with Crippen LogP contribution in [0.3, 0.4) is 0 Å². The molecule has 0 atom stereocenters. The van der Waals surface area contributed by atoms with Crippen molar-refractivity contribution < 1.29 is 9.72 Å². The van der Waals surface area contributed by atoms with Gasteiger partial charge in [-0.05, 0) is 22.0 Å². The van der Waals surface area contributed by atoms with Gasteiger partial charge in [0.25, 0.3) is 5.69 Å². The highest BCUT2D eigenvalue weighted by Gasteiger charge is 2.15. The van der Waals surface area contributed by atoms with Crippen molar-refractivity contribution in [1.29, 1.82) is 0 Å². The molecule has 14 heavy (non-hydrogen) atoms. The molecule has 0 bridgehead atoms. The maximum absolute atomic E-state index is 10.5. The van der Waals surface area contributed by atoms with Crippen molar-refractivity contribution in [2.45, 2.75) is 0 Å². The second kappa shape index (κ2) is 4.32. The van der Waals surface area contributed by atoms with Gasteiger partial charge in [0.1, 0.15) is 5.69 Å². The molecule has 0 amide bonds. The van der Waals surface area contributed by atoms with Gasteiger partial charge in [-0.25, -0.2) is 4.79 Å². The van der Waals surface area contributed by atoms with E-state index in [0.29, 0.717) is 0 Å². The van der Waals surface area contributed by atoms with E-state index < -0.39 is 4.92 Å². The molecule has 7 heteroatoms. The maximum Gasteiger partial charge on any atom is 0.285 e. The summed E-state index contributed by atoms with van der Waals surface area (Å²) in [6, 6.07) is 2.40. The fourth-order valence-electron chi connectivity index (χ4n) is 0.801. The van der Waals surface area contributed by atoms with Crippen molar-refractivity contribution in [2.75, 3.05) is 0 Å². The van der Waals surface area contributed by atoms with Gasteiger partial charge in [0.05, 0.1) is 14.4 Å². The Morgan fingerprint density at radius 3 is 2.71 bits per heavy atom. The molecular weight excluding hydrogens is 275 g/mol. The van der Waals surface area contributed by atoms with Gasteiger partial charge in [-0.15, -0.1) is 0 Å². The number of nitro benzene ring substituents is 1. The van der Waals surface area contributed by atoms with Crippen molar-refractivity contribution >= 4 is 45.0 Å². The van der Waals surface area contributed by atoms with Gasteiger partial charge in [-0.2, -0.15) is 4.99 Å². The van der Waals surface area contributed by atoms with Crippen molar-refractivity contribution in [3.63, 3.8) is 0 Å². The molecule has 0 aliphatic rings. The largest absolute Gasteiger partial charge is 0.285 e. The summed E-state index contributed by atoms with van der Waals surface area (Å²) in [5.41, 5.74) is -0.181. The van der Waals surface area contributed by atoms with Crippen LogP contribution < -0.4 is 0 Å². The zero-order chi connectivity index (χ0) is 10.7. The van der Waals surface area contributed by atoms with Gasteiger partial charge in [0, 0.05) is 6.07 Å². The van der Waals surface area contributed by atoms with Crippen LogP contribution in [0.15, 0.2) is 21.6 Å². The molecule has 0 unspecified atom stereocenters. The summed E-state index contributed by atoms with van der Waals surface area (Å²) < 4.78 is 0.234. The third-order valence-electron chi connectivity index (χ3n) is 1.38. The fraction of sp³-hybridized carbons (Fsp3) is 0. The lowest BCUT2D eigenvalue weighted by Crippen LogP contribution is -1.89. The average molecular weight is 277 g/mol. The molecule has 1 rings (SSSR count). The Bertz CT molecular complexity index is 420. The van der Waals surface area contributed by atoms with E-state index in [9.17, 15) is 14.9 Å². The van der Waals surface area contributed by atoms with E-state index in [0.717, 1.165) is 6.07 Å². The highest BCUT2D eigenvalue weighted by Crippen LogP contribution is 2.35. The second-order valence-electron chi connectivity index (χ2n) is 2.22. The number of benzene rings is 1. The standard InChI is InChI=1S/C7H2BrClN2O3/c8-4-1-5(9)6(10-3-12)2-7(4)11(13)14/h1-2H. The van der Waals surface area contributed by atoms with Gasteiger partial charge < -0.3 is 0 Å². The lowest BCUT2D eigenvalue weighted by atomic mass is 10.3. The molecule has 72 valence electrons. The summed E-state index contributed by atoms with van der Waals surface area (Å²) in [6.45, 7) is 0. The average Bonchev–Trinajstić information content (AvgIpc) is 2.09. The molecule has 0 saturated carbocycles. The van der Waals surface area contributed by atoms with E-state index >= 15 is 0 Å². The molecule has 0 spiro atoms. The van der Waals surface area contributed by atoms with Crippen LogP contribution in [0, 0.1) is 10.1 Å². The van der Waals surface area contributed by atoms with Gasteiger partial charge in [-0.3, -0.25) is 10.1 Å². The van der Waals surface area contributed by atoms with E-state index in [4.69, 9.17) is 11.6 Å². The second-order valence-corrected chi connectivity index (χ2v) is 3.48.